The molecular formula is C68H66Fe2N4S2+4. The Kier molecular flexibility index (Phi) is 21.4. The number of rotatable bonds is 10. The fourth-order valence-corrected chi connectivity index (χ4v) is 13.8. The van der Waals surface area contributed by atoms with E-state index in [1.807, 2.05) is 86.9 Å². The van der Waals surface area contributed by atoms with Gasteiger partial charge in [-0.3, -0.25) is 9.80 Å². The summed E-state index contributed by atoms with van der Waals surface area (Å²) in [5, 5.41) is 0. The topological polar surface area (TPSA) is 32.3 Å². The Bertz CT molecular complexity index is 2660. The van der Waals surface area contributed by atoms with Crippen molar-refractivity contribution in [2.24, 2.45) is 0 Å². The smallest absolute Gasteiger partial charge is 0.300 e. The quantitative estimate of drug-likeness (QED) is 0.128. The van der Waals surface area contributed by atoms with Gasteiger partial charge in [-0.1, -0.05) is 87.4 Å². The summed E-state index contributed by atoms with van der Waals surface area (Å²) in [4.78, 5) is 16.8. The zero-order chi connectivity index (χ0) is 50.1. The maximum Gasteiger partial charge on any atom is 2.00 e. The molecule has 4 nitrogen and oxygen atoms in total. The minimum Gasteiger partial charge on any atom is -0.300 e. The predicted molar refractivity (Wildman–Crippen MR) is 316 cm³/mol. The summed E-state index contributed by atoms with van der Waals surface area (Å²) < 4.78 is 4.86. The second kappa shape index (κ2) is 28.3. The molecule has 8 aliphatic rings. The molecule has 0 spiro atoms. The van der Waals surface area contributed by atoms with Crippen molar-refractivity contribution in [1.29, 1.82) is 0 Å². The van der Waals surface area contributed by atoms with E-state index in [4.69, 9.17) is 9.97 Å². The van der Waals surface area contributed by atoms with E-state index >= 15 is 0 Å². The molecule has 2 atom stereocenters. The van der Waals surface area contributed by atoms with Crippen LogP contribution in [0.4, 0.5) is 0 Å². The van der Waals surface area contributed by atoms with Gasteiger partial charge in [-0.25, -0.2) is 9.97 Å². The van der Waals surface area contributed by atoms with Crippen LogP contribution in [0, 0.1) is 126 Å². The van der Waals surface area contributed by atoms with Gasteiger partial charge >= 0.3 is 34.1 Å². The zero-order valence-corrected chi connectivity index (χ0v) is 47.4. The summed E-state index contributed by atoms with van der Waals surface area (Å²) >= 11 is 3.73. The fraction of sp³-hybridized carbons (Fsp3) is 0.235. The molecule has 20 radical (unpaired) electrons. The van der Waals surface area contributed by atoms with Crippen LogP contribution in [0.1, 0.15) is 99.1 Å². The van der Waals surface area contributed by atoms with Gasteiger partial charge in [0.1, 0.15) is 0 Å². The summed E-state index contributed by atoms with van der Waals surface area (Å²) in [5.41, 5.74) is 11.1. The van der Waals surface area contributed by atoms with Crippen molar-refractivity contribution < 1.29 is 34.1 Å². The standard InChI is InChI=1S/C58H56N4S2.2C5H5.2Fe/c1-3-43-23-11-13-35-61(43)37-41-21-15-25-45(41)57-49-29-27-47(59-49)55(39-17-7-5-8-18-39)51-31-32-52(63-51)56(40-19-9-6-10-20-40)48-28-30-50(60-48)58(54-34-33-53(57)64-54)46-26-16-22-42(46)38-62-36-14-12-24-44(62)4-2;2*1-2-4-5-3-1;;/h5-10,15-22,25-34,43-44H,3-4,11-14,23-24,35-38H2,1-2H3;2*1-5H;;/q;;;2*+2. The van der Waals surface area contributed by atoms with Crippen LogP contribution < -0.4 is 0 Å². The summed E-state index contributed by atoms with van der Waals surface area (Å²) in [5.74, 6) is 5.36. The number of hydrogen-bond acceptors (Lipinski definition) is 6. The SMILES string of the molecule is CCC1CCCCN1C[C]1[CH][CH][CH][C]1c1c2nc(c(-c3ccccc3)c3ccc(s3)c(-c3ccccc3)c3nc(c([C]4[CH][CH][CH][C]4CN4CCCCC4CC)c4ccc1s4)C=C3)C=C2.[CH]1[CH][CH][CH][CH]1.[CH]1[CH][CH][CH][CH]1.[Fe+2].[Fe+2]. The van der Waals surface area contributed by atoms with Gasteiger partial charge in [0.15, 0.2) is 0 Å². The molecule has 4 aliphatic carbocycles. The maximum atomic E-state index is 5.67. The number of piperidine rings is 2. The van der Waals surface area contributed by atoms with Gasteiger partial charge in [0.2, 0.25) is 0 Å². The first kappa shape index (κ1) is 57.5. The number of fused-ring (bicyclic) bond motifs is 8. The molecule has 4 saturated carbocycles. The van der Waals surface area contributed by atoms with Crippen molar-refractivity contribution >= 4 is 65.8 Å². The molecule has 3 aromatic heterocycles. The van der Waals surface area contributed by atoms with Crippen molar-refractivity contribution in [3.05, 3.63) is 245 Å². The third-order valence-corrected chi connectivity index (χ3v) is 17.5. The molecule has 6 fully saturated rings. The van der Waals surface area contributed by atoms with Crippen LogP contribution in [0.3, 0.4) is 0 Å². The first-order valence-corrected chi connectivity index (χ1v) is 28.7. The van der Waals surface area contributed by atoms with Crippen LogP contribution in [-0.4, -0.2) is 58.0 Å². The Balaban J connectivity index is 0.000000530. The Morgan fingerprint density at radius 3 is 1.11 bits per heavy atom. The maximum absolute atomic E-state index is 5.67. The van der Waals surface area contributed by atoms with Crippen LogP contribution in [0.5, 0.6) is 0 Å². The Morgan fingerprint density at radius 1 is 0.408 bits per heavy atom. The molecule has 76 heavy (non-hydrogen) atoms. The van der Waals surface area contributed by atoms with Gasteiger partial charge in [0.25, 0.3) is 0 Å². The van der Waals surface area contributed by atoms with Crippen LogP contribution in [0.2, 0.25) is 0 Å². The summed E-state index contributed by atoms with van der Waals surface area (Å²) in [6.07, 6.45) is 53.2. The monoisotopic (exact) mass is 1110 g/mol. The number of hydrogen-bond donors (Lipinski definition) is 0. The molecule has 7 heterocycles. The fourth-order valence-electron chi connectivity index (χ4n) is 11.5. The Morgan fingerprint density at radius 2 is 0.750 bits per heavy atom. The number of benzene rings is 2. The molecule has 5 aromatic rings. The molecule has 0 amide bonds. The van der Waals surface area contributed by atoms with Gasteiger partial charge < -0.3 is 0 Å². The van der Waals surface area contributed by atoms with Crippen LogP contribution in [-0.2, 0) is 34.1 Å². The van der Waals surface area contributed by atoms with Gasteiger partial charge in [0, 0.05) is 89.9 Å². The van der Waals surface area contributed by atoms with Gasteiger partial charge in [0.05, 0.1) is 22.8 Å². The third kappa shape index (κ3) is 13.4. The second-order valence-corrected chi connectivity index (χ2v) is 22.1. The summed E-state index contributed by atoms with van der Waals surface area (Å²) in [7, 11) is 0. The van der Waals surface area contributed by atoms with Gasteiger partial charge in [-0.05, 0) is 214 Å². The number of thiophene rings is 2. The first-order valence-electron chi connectivity index (χ1n) is 27.0. The van der Waals surface area contributed by atoms with Gasteiger partial charge in [-0.2, -0.15) is 0 Å². The van der Waals surface area contributed by atoms with E-state index in [1.165, 1.54) is 116 Å². The Labute approximate surface area is 487 Å². The van der Waals surface area contributed by atoms with Crippen molar-refractivity contribution in [3.8, 4) is 22.3 Å². The first-order chi connectivity index (χ1) is 36.6. The van der Waals surface area contributed by atoms with Gasteiger partial charge in [-0.15, -0.1) is 22.7 Å². The molecule has 2 aromatic carbocycles. The number of nitrogens with zero attached hydrogens (tertiary/aromatic N) is 4. The number of likely N-dealkylation sites (tertiary alicyclic amines) is 2. The average molecular weight is 1120 g/mol. The average Bonchev–Trinajstić information content (AvgIpc) is 4.31. The molecule has 2 unspecified atom stereocenters. The molecule has 8 bridgehead atoms. The van der Waals surface area contributed by atoms with E-state index in [0.29, 0.717) is 12.1 Å². The molecular weight excluding hydrogens is 1050 g/mol. The molecule has 2 saturated heterocycles. The molecule has 382 valence electrons. The van der Waals surface area contributed by atoms with E-state index in [1.54, 1.807) is 0 Å². The van der Waals surface area contributed by atoms with E-state index in [0.717, 1.165) is 60.1 Å². The normalized spacial score (nSPS) is 21.4. The minimum atomic E-state index is 0. The molecule has 13 rings (SSSR count). The number of aromatic nitrogens is 2. The van der Waals surface area contributed by atoms with Crippen molar-refractivity contribution in [2.45, 2.75) is 77.3 Å². The van der Waals surface area contributed by atoms with Crippen LogP contribution >= 0.6 is 22.7 Å². The van der Waals surface area contributed by atoms with Crippen LogP contribution in [0.25, 0.3) is 65.4 Å². The molecule has 4 aliphatic heterocycles. The van der Waals surface area contributed by atoms with Crippen molar-refractivity contribution in [1.82, 2.24) is 19.8 Å². The summed E-state index contributed by atoms with van der Waals surface area (Å²) in [6.45, 7) is 8.95. The third-order valence-electron chi connectivity index (χ3n) is 15.3. The molecule has 8 heteroatoms. The zero-order valence-electron chi connectivity index (χ0n) is 43.6. The van der Waals surface area contributed by atoms with Crippen molar-refractivity contribution in [2.75, 3.05) is 26.2 Å². The van der Waals surface area contributed by atoms with E-state index in [-0.39, 0.29) is 34.1 Å². The Hall–Kier alpha value is -3.16. The van der Waals surface area contributed by atoms with Crippen LogP contribution in [0.15, 0.2) is 84.9 Å². The predicted octanol–water partition coefficient (Wildman–Crippen LogP) is 16.3. The van der Waals surface area contributed by atoms with E-state index < -0.39 is 0 Å². The second-order valence-electron chi connectivity index (χ2n) is 19.9. The largest absolute Gasteiger partial charge is 2.00 e. The van der Waals surface area contributed by atoms with E-state index in [2.05, 4.69) is 171 Å². The van der Waals surface area contributed by atoms with E-state index in [9.17, 15) is 0 Å². The summed E-state index contributed by atoms with van der Waals surface area (Å²) in [6, 6.07) is 32.3. The molecule has 0 N–H and O–H groups in total. The van der Waals surface area contributed by atoms with Crippen molar-refractivity contribution in [3.63, 3.8) is 0 Å². The minimum absolute atomic E-state index is 0.